The van der Waals surface area contributed by atoms with Gasteiger partial charge < -0.3 is 14.3 Å². The fourth-order valence-corrected chi connectivity index (χ4v) is 3.31. The first kappa shape index (κ1) is 16.1. The first-order chi connectivity index (χ1) is 12.5. The van der Waals surface area contributed by atoms with Crippen molar-refractivity contribution in [1.82, 2.24) is 4.98 Å². The number of carboxylic acids is 1. The van der Waals surface area contributed by atoms with Crippen LogP contribution in [-0.2, 0) is 0 Å². The fraction of sp³-hybridized carbons (Fsp3) is 0.143. The van der Waals surface area contributed by atoms with Crippen molar-refractivity contribution in [3.05, 3.63) is 59.2 Å². The minimum absolute atomic E-state index is 0.223. The number of aryl methyl sites for hydroxylation is 2. The number of furan rings is 1. The number of aromatic nitrogens is 1. The number of aromatic carboxylic acids is 1. The number of fused-ring (bicyclic) bond motifs is 2. The Morgan fingerprint density at radius 3 is 2.65 bits per heavy atom. The number of methoxy groups -OCH3 is 1. The van der Waals surface area contributed by atoms with Crippen LogP contribution in [0.4, 0.5) is 0 Å². The molecule has 2 aromatic carbocycles. The number of carbonyl (C=O) groups is 1. The molecule has 0 unspecified atom stereocenters. The molecule has 130 valence electrons. The van der Waals surface area contributed by atoms with E-state index in [0.29, 0.717) is 33.7 Å². The third-order valence-electron chi connectivity index (χ3n) is 4.46. The van der Waals surface area contributed by atoms with Gasteiger partial charge in [-0.2, -0.15) is 0 Å². The molecule has 0 saturated carbocycles. The third-order valence-corrected chi connectivity index (χ3v) is 4.46. The summed E-state index contributed by atoms with van der Waals surface area (Å²) in [6.45, 7) is 3.87. The molecule has 0 aliphatic rings. The molecule has 5 nitrogen and oxygen atoms in total. The minimum Gasteiger partial charge on any atom is -0.497 e. The Kier molecular flexibility index (Phi) is 3.65. The normalized spacial score (nSPS) is 11.2. The van der Waals surface area contributed by atoms with Crippen LogP contribution in [0.15, 0.2) is 46.9 Å². The summed E-state index contributed by atoms with van der Waals surface area (Å²) in [5.41, 5.74) is 3.96. The molecule has 4 aromatic rings. The highest BCUT2D eigenvalue weighted by Gasteiger charge is 2.17. The lowest BCUT2D eigenvalue weighted by molar-refractivity contribution is 0.0699. The Morgan fingerprint density at radius 1 is 1.12 bits per heavy atom. The summed E-state index contributed by atoms with van der Waals surface area (Å²) < 4.78 is 11.1. The molecular formula is C21H17NO4. The van der Waals surface area contributed by atoms with Gasteiger partial charge in [-0.05, 0) is 55.3 Å². The highest BCUT2D eigenvalue weighted by Crippen LogP contribution is 2.32. The molecule has 2 heterocycles. The number of ether oxygens (including phenoxy) is 1. The summed E-state index contributed by atoms with van der Waals surface area (Å²) in [7, 11) is 1.60. The molecule has 0 spiro atoms. The number of rotatable bonds is 3. The zero-order chi connectivity index (χ0) is 18.4. The maximum atomic E-state index is 11.8. The van der Waals surface area contributed by atoms with Crippen LogP contribution in [0.5, 0.6) is 5.75 Å². The van der Waals surface area contributed by atoms with E-state index >= 15 is 0 Å². The van der Waals surface area contributed by atoms with Gasteiger partial charge in [-0.1, -0.05) is 6.07 Å². The molecule has 0 bridgehead atoms. The second-order valence-corrected chi connectivity index (χ2v) is 6.35. The molecule has 26 heavy (non-hydrogen) atoms. The van der Waals surface area contributed by atoms with Crippen LogP contribution in [-0.4, -0.2) is 23.2 Å². The molecule has 0 radical (unpaired) electrons. The molecule has 5 heteroatoms. The maximum absolute atomic E-state index is 11.8. The van der Waals surface area contributed by atoms with E-state index in [2.05, 4.69) is 4.98 Å². The number of benzene rings is 2. The zero-order valence-electron chi connectivity index (χ0n) is 14.7. The smallest absolute Gasteiger partial charge is 0.336 e. The van der Waals surface area contributed by atoms with Gasteiger partial charge in [0.2, 0.25) is 0 Å². The van der Waals surface area contributed by atoms with E-state index in [1.54, 1.807) is 19.2 Å². The molecule has 1 N–H and O–H groups in total. The molecule has 0 aliphatic carbocycles. The van der Waals surface area contributed by atoms with Gasteiger partial charge in [-0.25, -0.2) is 9.78 Å². The van der Waals surface area contributed by atoms with Crippen LogP contribution in [0.1, 0.15) is 21.5 Å². The highest BCUT2D eigenvalue weighted by atomic mass is 16.5. The van der Waals surface area contributed by atoms with Gasteiger partial charge in [0, 0.05) is 16.8 Å². The van der Waals surface area contributed by atoms with Gasteiger partial charge >= 0.3 is 5.97 Å². The summed E-state index contributed by atoms with van der Waals surface area (Å²) in [6, 6.07) is 12.8. The SMILES string of the molecule is COc1ccc2cc(-c3cc(C(=O)O)c4c(C)cc(C)cc4n3)oc2c1. The molecule has 0 amide bonds. The van der Waals surface area contributed by atoms with Gasteiger partial charge in [0.25, 0.3) is 0 Å². The maximum Gasteiger partial charge on any atom is 0.336 e. The number of pyridine rings is 1. The summed E-state index contributed by atoms with van der Waals surface area (Å²) in [4.78, 5) is 16.5. The Morgan fingerprint density at radius 2 is 1.92 bits per heavy atom. The summed E-state index contributed by atoms with van der Waals surface area (Å²) >= 11 is 0. The first-order valence-corrected chi connectivity index (χ1v) is 8.19. The monoisotopic (exact) mass is 347 g/mol. The molecule has 4 rings (SSSR count). The molecule has 2 aromatic heterocycles. The van der Waals surface area contributed by atoms with Crippen molar-refractivity contribution < 1.29 is 19.1 Å². The van der Waals surface area contributed by atoms with Crippen LogP contribution < -0.4 is 4.74 Å². The quantitative estimate of drug-likeness (QED) is 0.566. The Balaban J connectivity index is 1.98. The Bertz CT molecular complexity index is 1170. The van der Waals surface area contributed by atoms with E-state index in [9.17, 15) is 9.90 Å². The minimum atomic E-state index is -0.983. The standard InChI is InChI=1S/C21H17NO4/c1-11-6-12(2)20-15(21(23)24)10-16(22-17(20)7-11)19-8-13-4-5-14(25-3)9-18(13)26-19/h4-10H,1-3H3,(H,23,24). The average Bonchev–Trinajstić information content (AvgIpc) is 3.03. The second kappa shape index (κ2) is 5.88. The lowest BCUT2D eigenvalue weighted by Gasteiger charge is -2.09. The van der Waals surface area contributed by atoms with E-state index in [1.807, 2.05) is 44.2 Å². The lowest BCUT2D eigenvalue weighted by Crippen LogP contribution is -2.02. The van der Waals surface area contributed by atoms with Crippen LogP contribution in [0.3, 0.4) is 0 Å². The van der Waals surface area contributed by atoms with Gasteiger partial charge in [0.05, 0.1) is 18.2 Å². The first-order valence-electron chi connectivity index (χ1n) is 8.19. The van der Waals surface area contributed by atoms with Gasteiger partial charge in [0.1, 0.15) is 17.0 Å². The van der Waals surface area contributed by atoms with Crippen LogP contribution >= 0.6 is 0 Å². The van der Waals surface area contributed by atoms with Crippen molar-refractivity contribution in [3.63, 3.8) is 0 Å². The third kappa shape index (κ3) is 2.58. The molecule has 0 fully saturated rings. The topological polar surface area (TPSA) is 72.6 Å². The second-order valence-electron chi connectivity index (χ2n) is 6.35. The largest absolute Gasteiger partial charge is 0.497 e. The average molecular weight is 347 g/mol. The van der Waals surface area contributed by atoms with Crippen LogP contribution in [0.25, 0.3) is 33.3 Å². The molecule has 0 atom stereocenters. The van der Waals surface area contributed by atoms with E-state index in [1.165, 1.54) is 0 Å². The lowest BCUT2D eigenvalue weighted by atomic mass is 10.00. The van der Waals surface area contributed by atoms with E-state index < -0.39 is 5.97 Å². The number of carboxylic acid groups (broad SMARTS) is 1. The predicted molar refractivity (Wildman–Crippen MR) is 99.9 cm³/mol. The zero-order valence-corrected chi connectivity index (χ0v) is 14.7. The van der Waals surface area contributed by atoms with E-state index in [-0.39, 0.29) is 5.56 Å². The van der Waals surface area contributed by atoms with Crippen molar-refractivity contribution in [2.45, 2.75) is 13.8 Å². The Hall–Kier alpha value is -3.34. The van der Waals surface area contributed by atoms with Crippen molar-refractivity contribution >= 4 is 27.8 Å². The van der Waals surface area contributed by atoms with Crippen LogP contribution in [0, 0.1) is 13.8 Å². The Labute approximate surface area is 149 Å². The summed E-state index contributed by atoms with van der Waals surface area (Å²) in [5.74, 6) is 0.238. The number of nitrogens with zero attached hydrogens (tertiary/aromatic N) is 1. The van der Waals surface area contributed by atoms with Gasteiger partial charge in [-0.15, -0.1) is 0 Å². The van der Waals surface area contributed by atoms with Crippen molar-refractivity contribution in [2.24, 2.45) is 0 Å². The van der Waals surface area contributed by atoms with Gasteiger partial charge in [0.15, 0.2) is 5.76 Å². The summed E-state index contributed by atoms with van der Waals surface area (Å²) in [5, 5.41) is 11.2. The molecule has 0 saturated heterocycles. The van der Waals surface area contributed by atoms with Gasteiger partial charge in [-0.3, -0.25) is 0 Å². The predicted octanol–water partition coefficient (Wildman–Crippen LogP) is 4.97. The van der Waals surface area contributed by atoms with Crippen molar-refractivity contribution in [3.8, 4) is 17.2 Å². The van der Waals surface area contributed by atoms with E-state index in [4.69, 9.17) is 9.15 Å². The van der Waals surface area contributed by atoms with E-state index in [0.717, 1.165) is 16.5 Å². The van der Waals surface area contributed by atoms with Crippen molar-refractivity contribution in [1.29, 1.82) is 0 Å². The van der Waals surface area contributed by atoms with Crippen molar-refractivity contribution in [2.75, 3.05) is 7.11 Å². The molecule has 0 aliphatic heterocycles. The summed E-state index contributed by atoms with van der Waals surface area (Å²) in [6.07, 6.45) is 0. The number of hydrogen-bond donors (Lipinski definition) is 1. The van der Waals surface area contributed by atoms with Crippen LogP contribution in [0.2, 0.25) is 0 Å². The molecular weight excluding hydrogens is 330 g/mol. The fourth-order valence-electron chi connectivity index (χ4n) is 3.31. The number of hydrogen-bond acceptors (Lipinski definition) is 4. The highest BCUT2D eigenvalue weighted by molar-refractivity contribution is 6.05.